The number of phenols is 1. The van der Waals surface area contributed by atoms with Gasteiger partial charge in [0.2, 0.25) is 17.6 Å². The number of hydrogen-bond donors (Lipinski definition) is 1. The fourth-order valence-electron chi connectivity index (χ4n) is 7.64. The van der Waals surface area contributed by atoms with Crippen molar-refractivity contribution in [3.63, 3.8) is 0 Å². The average Bonchev–Trinajstić information content (AvgIpc) is 3.72. The van der Waals surface area contributed by atoms with Crippen LogP contribution in [0.1, 0.15) is 29.2 Å². The lowest BCUT2D eigenvalue weighted by Crippen LogP contribution is -2.60. The molecule has 2 aromatic carbocycles. The van der Waals surface area contributed by atoms with Gasteiger partial charge in [0, 0.05) is 10.8 Å². The number of anilines is 1. The van der Waals surface area contributed by atoms with Gasteiger partial charge in [-0.1, -0.05) is 17.7 Å². The lowest BCUT2D eigenvalue weighted by molar-refractivity contribution is -0.141. The number of allylic oxidation sites excluding steroid dienone is 2. The van der Waals surface area contributed by atoms with Crippen molar-refractivity contribution < 1.29 is 51.0 Å². The molecule has 6 unspecified atom stereocenters. The third kappa shape index (κ3) is 4.44. The van der Waals surface area contributed by atoms with E-state index in [9.17, 15) is 37.5 Å². The number of ether oxygens (including phenoxy) is 1. The lowest BCUT2D eigenvalue weighted by atomic mass is 9.56. The summed E-state index contributed by atoms with van der Waals surface area (Å²) in [6.07, 6.45) is 0.962. The number of nitrogens with zero attached hydrogens (tertiary/aromatic N) is 2. The molecule has 49 heavy (non-hydrogen) atoms. The fourth-order valence-corrected chi connectivity index (χ4v) is 9.72. The van der Waals surface area contributed by atoms with Crippen molar-refractivity contribution in [2.45, 2.75) is 35.1 Å². The zero-order valence-electron chi connectivity index (χ0n) is 24.7. The number of likely N-dealkylation sites (tertiary alicyclic amines) is 1. The molecule has 6 atom stereocenters. The van der Waals surface area contributed by atoms with Crippen LogP contribution in [0.4, 0.5) is 27.6 Å². The van der Waals surface area contributed by atoms with Gasteiger partial charge in [-0.3, -0.25) is 24.1 Å². The van der Waals surface area contributed by atoms with E-state index in [4.69, 9.17) is 27.9 Å². The Morgan fingerprint density at radius 3 is 2.24 bits per heavy atom. The molecule has 1 aromatic heterocycles. The number of fused-ring (bicyclic) bond motifs is 4. The number of aromatic hydroxyl groups is 1. The number of alkyl halides is 2. The molecule has 256 valence electrons. The summed E-state index contributed by atoms with van der Waals surface area (Å²) in [5.41, 5.74) is -1.52. The highest BCUT2D eigenvalue weighted by Gasteiger charge is 2.77. The van der Waals surface area contributed by atoms with Crippen LogP contribution in [0, 0.1) is 46.8 Å². The number of phenolic OH excluding ortho intramolecular Hbond substituents is 1. The van der Waals surface area contributed by atoms with Crippen LogP contribution in [0.2, 0.25) is 0 Å². The minimum absolute atomic E-state index is 0.000643. The number of thiophene rings is 1. The van der Waals surface area contributed by atoms with E-state index in [0.717, 1.165) is 9.78 Å². The third-order valence-electron chi connectivity index (χ3n) is 9.81. The summed E-state index contributed by atoms with van der Waals surface area (Å²) < 4.78 is 78.6. The van der Waals surface area contributed by atoms with Gasteiger partial charge in [-0.15, -0.1) is 34.5 Å². The SMILES string of the molecule is COc1cc(C2C3=CCC4C(=O)N(Cc5cccs5)C(=O)C4C3CC3(Cl)C(=O)N(c4c(F)c(F)c(F)c(F)c4F)C(=O)C23Cl)cc(Br)c1O. The van der Waals surface area contributed by atoms with Gasteiger partial charge in [-0.2, -0.15) is 0 Å². The highest BCUT2D eigenvalue weighted by molar-refractivity contribution is 9.10. The molecule has 0 spiro atoms. The largest absolute Gasteiger partial charge is 0.503 e. The number of imide groups is 2. The Balaban J connectivity index is 1.44. The number of halogens is 8. The van der Waals surface area contributed by atoms with Crippen LogP contribution in [0.3, 0.4) is 0 Å². The molecular formula is C32H20BrCl2F5N2O6S. The van der Waals surface area contributed by atoms with Crippen LogP contribution in [0.5, 0.6) is 11.5 Å². The van der Waals surface area contributed by atoms with Crippen LogP contribution < -0.4 is 9.64 Å². The Kier molecular flexibility index (Phi) is 7.97. The van der Waals surface area contributed by atoms with E-state index in [1.807, 2.05) is 0 Å². The molecule has 4 amide bonds. The number of amides is 4. The smallest absolute Gasteiger partial charge is 0.258 e. The van der Waals surface area contributed by atoms with Crippen molar-refractivity contribution in [1.82, 2.24) is 4.90 Å². The third-order valence-corrected chi connectivity index (χ3v) is 12.7. The molecular weight excluding hydrogens is 786 g/mol. The van der Waals surface area contributed by atoms with Gasteiger partial charge in [-0.25, -0.2) is 26.9 Å². The quantitative estimate of drug-likeness (QED) is 0.0771. The van der Waals surface area contributed by atoms with Gasteiger partial charge in [0.25, 0.3) is 11.8 Å². The first-order chi connectivity index (χ1) is 23.1. The van der Waals surface area contributed by atoms with Crippen molar-refractivity contribution in [3.8, 4) is 11.5 Å². The van der Waals surface area contributed by atoms with E-state index >= 15 is 8.78 Å². The topological polar surface area (TPSA) is 104 Å². The first-order valence-corrected chi connectivity index (χ1v) is 16.9. The van der Waals surface area contributed by atoms with Gasteiger partial charge in [0.1, 0.15) is 5.69 Å². The molecule has 8 nitrogen and oxygen atoms in total. The number of methoxy groups -OCH3 is 1. The van der Waals surface area contributed by atoms with Gasteiger partial charge < -0.3 is 9.84 Å². The predicted octanol–water partition coefficient (Wildman–Crippen LogP) is 6.68. The molecule has 2 aliphatic carbocycles. The molecule has 1 saturated carbocycles. The maximum Gasteiger partial charge on any atom is 0.258 e. The fraction of sp³-hybridized carbons (Fsp3) is 0.312. The van der Waals surface area contributed by atoms with Crippen LogP contribution >= 0.6 is 50.5 Å². The van der Waals surface area contributed by atoms with Crippen LogP contribution in [-0.4, -0.2) is 50.5 Å². The second kappa shape index (κ2) is 11.5. The maximum absolute atomic E-state index is 15.2. The van der Waals surface area contributed by atoms with E-state index in [2.05, 4.69) is 15.9 Å². The second-order valence-corrected chi connectivity index (χ2v) is 15.2. The summed E-state index contributed by atoms with van der Waals surface area (Å²) in [5.74, 6) is -21.6. The van der Waals surface area contributed by atoms with E-state index in [1.165, 1.54) is 30.6 Å². The zero-order chi connectivity index (χ0) is 35.5. The van der Waals surface area contributed by atoms with E-state index < -0.39 is 98.2 Å². The van der Waals surface area contributed by atoms with Crippen molar-refractivity contribution in [3.05, 3.63) is 85.3 Å². The van der Waals surface area contributed by atoms with Crippen LogP contribution in [0.25, 0.3) is 0 Å². The minimum atomic E-state index is -2.70. The molecule has 7 rings (SSSR count). The van der Waals surface area contributed by atoms with Crippen molar-refractivity contribution in [1.29, 1.82) is 0 Å². The maximum atomic E-state index is 15.2. The number of benzene rings is 2. The van der Waals surface area contributed by atoms with Crippen molar-refractivity contribution >= 4 is 79.8 Å². The summed E-state index contributed by atoms with van der Waals surface area (Å²) in [6, 6.07) is 6.09. The normalized spacial score (nSPS) is 29.3. The molecule has 2 saturated heterocycles. The highest BCUT2D eigenvalue weighted by atomic mass is 79.9. The Morgan fingerprint density at radius 1 is 0.980 bits per heavy atom. The van der Waals surface area contributed by atoms with Gasteiger partial charge in [0.05, 0.1) is 30.0 Å². The van der Waals surface area contributed by atoms with Crippen molar-refractivity contribution in [2.75, 3.05) is 12.0 Å². The van der Waals surface area contributed by atoms with Gasteiger partial charge >= 0.3 is 0 Å². The van der Waals surface area contributed by atoms with E-state index in [0.29, 0.717) is 0 Å². The van der Waals surface area contributed by atoms with E-state index in [-0.39, 0.29) is 45.0 Å². The van der Waals surface area contributed by atoms with Gasteiger partial charge in [0.15, 0.2) is 44.5 Å². The molecule has 3 aromatic rings. The average molecular weight is 806 g/mol. The predicted molar refractivity (Wildman–Crippen MR) is 169 cm³/mol. The lowest BCUT2D eigenvalue weighted by Gasteiger charge is -2.50. The van der Waals surface area contributed by atoms with Crippen LogP contribution in [-0.2, 0) is 25.7 Å². The highest BCUT2D eigenvalue weighted by Crippen LogP contribution is 2.66. The zero-order valence-corrected chi connectivity index (χ0v) is 28.6. The first-order valence-electron chi connectivity index (χ1n) is 14.5. The second-order valence-electron chi connectivity index (χ2n) is 12.1. The summed E-state index contributed by atoms with van der Waals surface area (Å²) in [5, 5.41) is 12.3. The Bertz CT molecular complexity index is 2020. The molecule has 1 N–H and O–H groups in total. The van der Waals surface area contributed by atoms with Crippen molar-refractivity contribution in [2.24, 2.45) is 17.8 Å². The minimum Gasteiger partial charge on any atom is -0.503 e. The molecule has 3 fully saturated rings. The Hall–Kier alpha value is -3.53. The standard InChI is InChI=1S/C32H20BrCl2F5N2O6S/c1-48-17-8-11(7-16(33)26(17)43)19-13-4-5-14-18(28(45)41(27(14)44)10-12-3-2-6-49-12)15(13)9-31(34)29(46)42(30(47)32(19,31)35)25-23(39)21(37)20(36)22(38)24(25)40/h2-4,6-8,14-15,18-19,43H,5,9-10H2,1H3. The summed E-state index contributed by atoms with van der Waals surface area (Å²) >= 11 is 18.8. The Labute approximate surface area is 296 Å². The number of carbonyl (C=O) groups is 4. The van der Waals surface area contributed by atoms with E-state index in [1.54, 1.807) is 23.6 Å². The number of hydrogen-bond acceptors (Lipinski definition) is 7. The monoisotopic (exact) mass is 804 g/mol. The summed E-state index contributed by atoms with van der Waals surface area (Å²) in [7, 11) is 1.22. The van der Waals surface area contributed by atoms with Crippen LogP contribution in [0.15, 0.2) is 45.8 Å². The first kappa shape index (κ1) is 33.9. The number of carbonyl (C=O) groups excluding carboxylic acids is 4. The molecule has 3 heterocycles. The summed E-state index contributed by atoms with van der Waals surface area (Å²) in [4.78, 5) is 52.5. The Morgan fingerprint density at radius 2 is 1.63 bits per heavy atom. The number of rotatable bonds is 5. The van der Waals surface area contributed by atoms with Gasteiger partial charge in [-0.05, 0) is 63.8 Å². The molecule has 2 aliphatic heterocycles. The molecule has 4 aliphatic rings. The summed E-state index contributed by atoms with van der Waals surface area (Å²) in [6.45, 7) is -0.0210. The molecule has 0 bridgehead atoms. The molecule has 17 heteroatoms. The molecule has 0 radical (unpaired) electrons.